The number of benzene rings is 1. The highest BCUT2D eigenvalue weighted by Crippen LogP contribution is 2.24. The number of carbonyl (C=O) groups is 2. The molecule has 1 aromatic heterocycles. The maximum atomic E-state index is 13.0. The number of amides is 2. The van der Waals surface area contributed by atoms with E-state index in [1.807, 2.05) is 48.5 Å². The third kappa shape index (κ3) is 4.03. The number of aryl methyl sites for hydroxylation is 2. The number of hydrogen-bond donors (Lipinski definition) is 1. The van der Waals surface area contributed by atoms with E-state index in [0.29, 0.717) is 38.0 Å². The number of nitrogens with zero attached hydrogens (tertiary/aromatic N) is 3. The van der Waals surface area contributed by atoms with E-state index >= 15 is 0 Å². The standard InChI is InChI=1S/C23H28N4O3/c1-25-10-8-17(13-25)22(29)26-12-9-19-18(14-26)15-27(23(30)20(19)21(24)28)11-7-16-5-3-2-4-6-16/h2-6,15,17H,7-14H2,1H3,(H2,24,28). The van der Waals surface area contributed by atoms with Crippen LogP contribution in [0.2, 0.25) is 0 Å². The summed E-state index contributed by atoms with van der Waals surface area (Å²) in [7, 11) is 2.03. The fraction of sp³-hybridized carbons (Fsp3) is 0.435. The highest BCUT2D eigenvalue weighted by atomic mass is 16.2. The Labute approximate surface area is 176 Å². The van der Waals surface area contributed by atoms with Crippen molar-refractivity contribution in [3.05, 3.63) is 69.1 Å². The van der Waals surface area contributed by atoms with Gasteiger partial charge in [-0.1, -0.05) is 30.3 Å². The van der Waals surface area contributed by atoms with Crippen LogP contribution in [0, 0.1) is 5.92 Å². The predicted molar refractivity (Wildman–Crippen MR) is 114 cm³/mol. The Bertz CT molecular complexity index is 1020. The molecule has 0 aliphatic carbocycles. The van der Waals surface area contributed by atoms with Gasteiger partial charge < -0.3 is 20.1 Å². The fourth-order valence-corrected chi connectivity index (χ4v) is 4.61. The lowest BCUT2D eigenvalue weighted by molar-refractivity contribution is -0.136. The van der Waals surface area contributed by atoms with Crippen molar-refractivity contribution in [3.8, 4) is 0 Å². The molecule has 30 heavy (non-hydrogen) atoms. The van der Waals surface area contributed by atoms with Crippen LogP contribution in [0.5, 0.6) is 0 Å². The van der Waals surface area contributed by atoms with Gasteiger partial charge in [-0.15, -0.1) is 0 Å². The second-order valence-electron chi connectivity index (χ2n) is 8.36. The van der Waals surface area contributed by atoms with Gasteiger partial charge in [0.1, 0.15) is 5.56 Å². The monoisotopic (exact) mass is 408 g/mol. The van der Waals surface area contributed by atoms with E-state index in [-0.39, 0.29) is 22.9 Å². The summed E-state index contributed by atoms with van der Waals surface area (Å²) in [5.74, 6) is -0.508. The molecule has 7 nitrogen and oxygen atoms in total. The van der Waals surface area contributed by atoms with Gasteiger partial charge in [0.2, 0.25) is 5.91 Å². The zero-order valence-corrected chi connectivity index (χ0v) is 17.3. The normalized spacial score (nSPS) is 19.0. The lowest BCUT2D eigenvalue weighted by atomic mass is 9.95. The van der Waals surface area contributed by atoms with Crippen LogP contribution in [0.15, 0.2) is 41.3 Å². The quantitative estimate of drug-likeness (QED) is 0.800. The summed E-state index contributed by atoms with van der Waals surface area (Å²) in [5.41, 5.74) is 7.99. The van der Waals surface area contributed by atoms with E-state index in [4.69, 9.17) is 5.73 Å². The molecule has 1 fully saturated rings. The van der Waals surface area contributed by atoms with E-state index < -0.39 is 5.91 Å². The first-order valence-corrected chi connectivity index (χ1v) is 10.5. The molecule has 3 heterocycles. The number of rotatable bonds is 5. The van der Waals surface area contributed by atoms with Gasteiger partial charge in [0.15, 0.2) is 0 Å². The van der Waals surface area contributed by atoms with Crippen LogP contribution in [0.4, 0.5) is 0 Å². The molecule has 7 heteroatoms. The zero-order chi connectivity index (χ0) is 21.3. The number of likely N-dealkylation sites (tertiary alicyclic amines) is 1. The lowest BCUT2D eigenvalue weighted by Gasteiger charge is -2.32. The number of fused-ring (bicyclic) bond motifs is 1. The summed E-state index contributed by atoms with van der Waals surface area (Å²) in [6.07, 6.45) is 3.85. The minimum absolute atomic E-state index is 0.0242. The van der Waals surface area contributed by atoms with E-state index in [1.54, 1.807) is 4.57 Å². The highest BCUT2D eigenvalue weighted by molar-refractivity contribution is 5.94. The summed E-state index contributed by atoms with van der Waals surface area (Å²) in [6.45, 7) is 3.11. The zero-order valence-electron chi connectivity index (χ0n) is 17.3. The number of hydrogen-bond acceptors (Lipinski definition) is 4. The topological polar surface area (TPSA) is 88.6 Å². The minimum Gasteiger partial charge on any atom is -0.365 e. The molecule has 0 radical (unpaired) electrons. The van der Waals surface area contributed by atoms with Crippen molar-refractivity contribution < 1.29 is 9.59 Å². The molecule has 1 saturated heterocycles. The molecule has 0 saturated carbocycles. The Balaban J connectivity index is 1.60. The largest absolute Gasteiger partial charge is 0.365 e. The van der Waals surface area contributed by atoms with Crippen molar-refractivity contribution in [2.45, 2.75) is 32.4 Å². The van der Waals surface area contributed by atoms with Crippen LogP contribution < -0.4 is 11.3 Å². The molecule has 1 unspecified atom stereocenters. The molecule has 1 aromatic carbocycles. The molecule has 158 valence electrons. The summed E-state index contributed by atoms with van der Waals surface area (Å²) in [4.78, 5) is 42.1. The Hall–Kier alpha value is -2.93. The van der Waals surface area contributed by atoms with Gasteiger partial charge in [-0.3, -0.25) is 14.4 Å². The van der Waals surface area contributed by atoms with Gasteiger partial charge in [-0.2, -0.15) is 0 Å². The van der Waals surface area contributed by atoms with Crippen molar-refractivity contribution in [1.82, 2.24) is 14.4 Å². The first-order valence-electron chi connectivity index (χ1n) is 10.5. The van der Waals surface area contributed by atoms with Gasteiger partial charge in [0.05, 0.1) is 5.92 Å². The molecule has 2 N–H and O–H groups in total. The first kappa shape index (κ1) is 20.3. The maximum absolute atomic E-state index is 13.0. The Morgan fingerprint density at radius 2 is 1.93 bits per heavy atom. The number of pyridine rings is 1. The maximum Gasteiger partial charge on any atom is 0.263 e. The number of carbonyl (C=O) groups excluding carboxylic acids is 2. The van der Waals surface area contributed by atoms with Gasteiger partial charge in [-0.05, 0) is 49.5 Å². The van der Waals surface area contributed by atoms with Crippen molar-refractivity contribution in [1.29, 1.82) is 0 Å². The van der Waals surface area contributed by atoms with Crippen LogP contribution in [-0.4, -0.2) is 52.9 Å². The Morgan fingerprint density at radius 3 is 2.60 bits per heavy atom. The SMILES string of the molecule is CN1CCC(C(=O)N2CCc3c(cn(CCc4ccccc4)c(=O)c3C(N)=O)C2)C1. The van der Waals surface area contributed by atoms with E-state index in [2.05, 4.69) is 4.90 Å². The fourth-order valence-electron chi connectivity index (χ4n) is 4.61. The molecule has 2 aromatic rings. The molecule has 0 bridgehead atoms. The van der Waals surface area contributed by atoms with Crippen molar-refractivity contribution in [3.63, 3.8) is 0 Å². The summed E-state index contributed by atoms with van der Waals surface area (Å²) < 4.78 is 1.57. The van der Waals surface area contributed by atoms with Gasteiger partial charge in [-0.25, -0.2) is 0 Å². The molecular formula is C23H28N4O3. The van der Waals surface area contributed by atoms with Gasteiger partial charge in [0.25, 0.3) is 11.5 Å². The molecule has 1 atom stereocenters. The second kappa shape index (κ2) is 8.44. The summed E-state index contributed by atoms with van der Waals surface area (Å²) in [5, 5.41) is 0. The Kier molecular flexibility index (Phi) is 5.72. The highest BCUT2D eigenvalue weighted by Gasteiger charge is 2.33. The third-order valence-corrected chi connectivity index (χ3v) is 6.25. The molecule has 4 rings (SSSR count). The first-order chi connectivity index (χ1) is 14.4. The summed E-state index contributed by atoms with van der Waals surface area (Å²) in [6, 6.07) is 9.90. The van der Waals surface area contributed by atoms with E-state index in [0.717, 1.165) is 30.6 Å². The molecule has 2 aliphatic rings. The summed E-state index contributed by atoms with van der Waals surface area (Å²) >= 11 is 0. The van der Waals surface area contributed by atoms with Gasteiger partial charge in [0, 0.05) is 32.4 Å². The van der Waals surface area contributed by atoms with Crippen LogP contribution in [-0.2, 0) is 30.7 Å². The molecule has 2 aliphatic heterocycles. The van der Waals surface area contributed by atoms with E-state index in [9.17, 15) is 14.4 Å². The average Bonchev–Trinajstić information content (AvgIpc) is 3.18. The van der Waals surface area contributed by atoms with Crippen LogP contribution in [0.3, 0.4) is 0 Å². The Morgan fingerprint density at radius 1 is 1.17 bits per heavy atom. The van der Waals surface area contributed by atoms with Gasteiger partial charge >= 0.3 is 0 Å². The van der Waals surface area contributed by atoms with E-state index in [1.165, 1.54) is 0 Å². The molecule has 2 amide bonds. The average molecular weight is 409 g/mol. The van der Waals surface area contributed by atoms with Crippen LogP contribution in [0.1, 0.15) is 33.5 Å². The lowest BCUT2D eigenvalue weighted by Crippen LogP contribution is -2.43. The predicted octanol–water partition coefficient (Wildman–Crippen LogP) is 1.03. The number of nitrogens with two attached hydrogens (primary N) is 1. The van der Waals surface area contributed by atoms with Crippen LogP contribution >= 0.6 is 0 Å². The van der Waals surface area contributed by atoms with Crippen molar-refractivity contribution in [2.75, 3.05) is 26.7 Å². The molecular weight excluding hydrogens is 380 g/mol. The van der Waals surface area contributed by atoms with Crippen LogP contribution in [0.25, 0.3) is 0 Å². The molecule has 0 spiro atoms. The van der Waals surface area contributed by atoms with Crippen molar-refractivity contribution in [2.24, 2.45) is 11.7 Å². The third-order valence-electron chi connectivity index (χ3n) is 6.25. The second-order valence-corrected chi connectivity index (χ2v) is 8.36. The smallest absolute Gasteiger partial charge is 0.263 e. The minimum atomic E-state index is -0.692. The number of aromatic nitrogens is 1. The van der Waals surface area contributed by atoms with Crippen molar-refractivity contribution >= 4 is 11.8 Å². The number of primary amides is 1.